The predicted molar refractivity (Wildman–Crippen MR) is 74.3 cm³/mol. The van der Waals surface area contributed by atoms with Crippen molar-refractivity contribution in [1.82, 2.24) is 15.5 Å². The standard InChI is InChI=1S/C14H18FN3O3/c1-16-14(20)11-8-17-6-7-18(11)13(19)9-21-12-5-3-2-4-10(12)15/h2-5,11,17H,6-9H2,1H3,(H,16,20)/t11-/m1/s1. The van der Waals surface area contributed by atoms with Gasteiger partial charge in [0.2, 0.25) is 5.91 Å². The summed E-state index contributed by atoms with van der Waals surface area (Å²) < 4.78 is 18.6. The van der Waals surface area contributed by atoms with Gasteiger partial charge >= 0.3 is 0 Å². The zero-order chi connectivity index (χ0) is 15.2. The number of carbonyl (C=O) groups excluding carboxylic acids is 2. The van der Waals surface area contributed by atoms with Gasteiger partial charge in [-0.2, -0.15) is 0 Å². The second kappa shape index (κ2) is 7.03. The van der Waals surface area contributed by atoms with E-state index in [4.69, 9.17) is 4.74 Å². The fourth-order valence-corrected chi connectivity index (χ4v) is 2.19. The molecule has 1 fully saturated rings. The number of hydrogen-bond acceptors (Lipinski definition) is 4. The maximum atomic E-state index is 13.4. The molecule has 0 unspecified atom stereocenters. The molecule has 7 heteroatoms. The first kappa shape index (κ1) is 15.2. The number of ether oxygens (including phenoxy) is 1. The number of para-hydroxylation sites is 1. The largest absolute Gasteiger partial charge is 0.481 e. The van der Waals surface area contributed by atoms with Crippen molar-refractivity contribution >= 4 is 11.8 Å². The minimum atomic E-state index is -0.569. The van der Waals surface area contributed by atoms with Gasteiger partial charge in [-0.15, -0.1) is 0 Å². The topological polar surface area (TPSA) is 70.7 Å². The van der Waals surface area contributed by atoms with Crippen molar-refractivity contribution in [3.05, 3.63) is 30.1 Å². The van der Waals surface area contributed by atoms with Crippen molar-refractivity contribution in [3.63, 3.8) is 0 Å². The van der Waals surface area contributed by atoms with Crippen molar-refractivity contribution in [1.29, 1.82) is 0 Å². The van der Waals surface area contributed by atoms with Crippen LogP contribution in [0.15, 0.2) is 24.3 Å². The Morgan fingerprint density at radius 1 is 1.48 bits per heavy atom. The molecule has 1 aromatic carbocycles. The second-order valence-corrected chi connectivity index (χ2v) is 4.64. The molecule has 6 nitrogen and oxygen atoms in total. The lowest BCUT2D eigenvalue weighted by Gasteiger charge is -2.34. The first-order valence-electron chi connectivity index (χ1n) is 6.72. The first-order chi connectivity index (χ1) is 10.1. The Hall–Kier alpha value is -2.15. The van der Waals surface area contributed by atoms with E-state index in [9.17, 15) is 14.0 Å². The van der Waals surface area contributed by atoms with Gasteiger partial charge in [-0.05, 0) is 12.1 Å². The Morgan fingerprint density at radius 3 is 2.95 bits per heavy atom. The highest BCUT2D eigenvalue weighted by molar-refractivity contribution is 5.88. The molecule has 114 valence electrons. The summed E-state index contributed by atoms with van der Waals surface area (Å²) in [6.07, 6.45) is 0. The van der Waals surface area contributed by atoms with Gasteiger partial charge in [-0.25, -0.2) is 4.39 Å². The molecule has 1 aliphatic heterocycles. The normalized spacial score (nSPS) is 18.2. The van der Waals surface area contributed by atoms with Gasteiger partial charge in [0.05, 0.1) is 0 Å². The first-order valence-corrected chi connectivity index (χ1v) is 6.72. The molecule has 0 saturated carbocycles. The van der Waals surface area contributed by atoms with Crippen LogP contribution in [0.5, 0.6) is 5.75 Å². The van der Waals surface area contributed by atoms with E-state index in [0.29, 0.717) is 19.6 Å². The second-order valence-electron chi connectivity index (χ2n) is 4.64. The molecule has 1 saturated heterocycles. The average Bonchev–Trinajstić information content (AvgIpc) is 2.53. The Bertz CT molecular complexity index is 524. The minimum Gasteiger partial charge on any atom is -0.481 e. The highest BCUT2D eigenvalue weighted by Gasteiger charge is 2.31. The van der Waals surface area contributed by atoms with Crippen LogP contribution >= 0.6 is 0 Å². The van der Waals surface area contributed by atoms with E-state index in [2.05, 4.69) is 10.6 Å². The number of rotatable bonds is 4. The zero-order valence-corrected chi connectivity index (χ0v) is 11.8. The molecule has 2 amide bonds. The van der Waals surface area contributed by atoms with Crippen LogP contribution in [0.1, 0.15) is 0 Å². The predicted octanol–water partition coefficient (Wildman–Crippen LogP) is -0.249. The summed E-state index contributed by atoms with van der Waals surface area (Å²) in [7, 11) is 1.52. The lowest BCUT2D eigenvalue weighted by atomic mass is 10.1. The Kier molecular flexibility index (Phi) is 5.10. The van der Waals surface area contributed by atoms with Gasteiger partial charge in [0.15, 0.2) is 18.2 Å². The van der Waals surface area contributed by atoms with Crippen LogP contribution in [-0.4, -0.2) is 56.0 Å². The van der Waals surface area contributed by atoms with Crippen LogP contribution in [0, 0.1) is 5.82 Å². The van der Waals surface area contributed by atoms with Crippen molar-refractivity contribution in [2.45, 2.75) is 6.04 Å². The summed E-state index contributed by atoms with van der Waals surface area (Å²) in [4.78, 5) is 25.4. The average molecular weight is 295 g/mol. The van der Waals surface area contributed by atoms with Crippen LogP contribution in [-0.2, 0) is 9.59 Å². The summed E-state index contributed by atoms with van der Waals surface area (Å²) in [6.45, 7) is 1.12. The minimum absolute atomic E-state index is 0.0254. The zero-order valence-electron chi connectivity index (χ0n) is 11.8. The molecule has 1 atom stereocenters. The number of carbonyl (C=O) groups is 2. The van der Waals surface area contributed by atoms with E-state index in [0.717, 1.165) is 0 Å². The number of likely N-dealkylation sites (N-methyl/N-ethyl adjacent to an activating group) is 1. The SMILES string of the molecule is CNC(=O)[C@H]1CNCCN1C(=O)COc1ccccc1F. The summed E-state index contributed by atoms with van der Waals surface area (Å²) >= 11 is 0. The number of halogens is 1. The summed E-state index contributed by atoms with van der Waals surface area (Å²) in [5.74, 6) is -1.07. The molecule has 1 aliphatic rings. The van der Waals surface area contributed by atoms with Gasteiger partial charge in [-0.3, -0.25) is 9.59 Å². The molecular weight excluding hydrogens is 277 g/mol. The molecule has 0 spiro atoms. The van der Waals surface area contributed by atoms with E-state index >= 15 is 0 Å². The number of nitrogens with one attached hydrogen (secondary N) is 2. The van der Waals surface area contributed by atoms with Crippen molar-refractivity contribution in [2.75, 3.05) is 33.3 Å². The fourth-order valence-electron chi connectivity index (χ4n) is 2.19. The number of amides is 2. The van der Waals surface area contributed by atoms with Crippen LogP contribution in [0.25, 0.3) is 0 Å². The van der Waals surface area contributed by atoms with Gasteiger partial charge in [0.25, 0.3) is 5.91 Å². The molecule has 1 heterocycles. The Morgan fingerprint density at radius 2 is 2.24 bits per heavy atom. The lowest BCUT2D eigenvalue weighted by Crippen LogP contribution is -2.60. The van der Waals surface area contributed by atoms with Crippen LogP contribution in [0.2, 0.25) is 0 Å². The number of benzene rings is 1. The van der Waals surface area contributed by atoms with Gasteiger partial charge in [0.1, 0.15) is 6.04 Å². The molecule has 2 N–H and O–H groups in total. The number of nitrogens with zero attached hydrogens (tertiary/aromatic N) is 1. The third-order valence-corrected chi connectivity index (χ3v) is 3.30. The lowest BCUT2D eigenvalue weighted by molar-refractivity contribution is -0.142. The highest BCUT2D eigenvalue weighted by Crippen LogP contribution is 2.15. The monoisotopic (exact) mass is 295 g/mol. The molecule has 0 aliphatic carbocycles. The summed E-state index contributed by atoms with van der Waals surface area (Å²) in [5.41, 5.74) is 0. The van der Waals surface area contributed by atoms with E-state index in [1.807, 2.05) is 0 Å². The van der Waals surface area contributed by atoms with Crippen LogP contribution in [0.4, 0.5) is 4.39 Å². The van der Waals surface area contributed by atoms with Gasteiger partial charge in [0, 0.05) is 26.7 Å². The summed E-state index contributed by atoms with van der Waals surface area (Å²) in [5, 5.41) is 5.59. The maximum Gasteiger partial charge on any atom is 0.261 e. The third-order valence-electron chi connectivity index (χ3n) is 3.30. The van der Waals surface area contributed by atoms with E-state index in [1.165, 1.54) is 24.1 Å². The quantitative estimate of drug-likeness (QED) is 0.804. The van der Waals surface area contributed by atoms with Crippen LogP contribution in [0.3, 0.4) is 0 Å². The molecule has 0 radical (unpaired) electrons. The Balaban J connectivity index is 1.98. The van der Waals surface area contributed by atoms with Gasteiger partial charge in [-0.1, -0.05) is 12.1 Å². The van der Waals surface area contributed by atoms with Crippen molar-refractivity contribution < 1.29 is 18.7 Å². The molecule has 0 bridgehead atoms. The fraction of sp³-hybridized carbons (Fsp3) is 0.429. The maximum absolute atomic E-state index is 13.4. The van der Waals surface area contributed by atoms with E-state index < -0.39 is 11.9 Å². The molecular formula is C14H18FN3O3. The third kappa shape index (κ3) is 3.69. The Labute approximate surface area is 122 Å². The van der Waals surface area contributed by atoms with Gasteiger partial charge < -0.3 is 20.3 Å². The van der Waals surface area contributed by atoms with E-state index in [-0.39, 0.29) is 24.2 Å². The molecule has 2 rings (SSSR count). The smallest absolute Gasteiger partial charge is 0.261 e. The summed E-state index contributed by atoms with van der Waals surface area (Å²) in [6, 6.07) is 5.32. The molecule has 1 aromatic rings. The van der Waals surface area contributed by atoms with Crippen molar-refractivity contribution in [3.8, 4) is 5.75 Å². The number of piperazine rings is 1. The number of hydrogen-bond donors (Lipinski definition) is 2. The molecule has 0 aromatic heterocycles. The molecule has 21 heavy (non-hydrogen) atoms. The van der Waals surface area contributed by atoms with E-state index in [1.54, 1.807) is 12.1 Å². The van der Waals surface area contributed by atoms with Crippen LogP contribution < -0.4 is 15.4 Å². The van der Waals surface area contributed by atoms with Crippen molar-refractivity contribution in [2.24, 2.45) is 0 Å². The highest BCUT2D eigenvalue weighted by atomic mass is 19.1.